The van der Waals surface area contributed by atoms with E-state index in [-0.39, 0.29) is 30.4 Å². The highest BCUT2D eigenvalue weighted by Crippen LogP contribution is 2.29. The topological polar surface area (TPSA) is 150 Å². The van der Waals surface area contributed by atoms with Crippen LogP contribution in [0.25, 0.3) is 17.1 Å². The van der Waals surface area contributed by atoms with Gasteiger partial charge < -0.3 is 21.0 Å². The molecular formula is C16H19FN10O. The Bertz CT molecular complexity index is 1090. The molecule has 3 aromatic rings. The monoisotopic (exact) mass is 386 g/mol. The minimum absolute atomic E-state index is 0.193. The van der Waals surface area contributed by atoms with E-state index in [9.17, 15) is 9.18 Å². The number of imidazole rings is 1. The van der Waals surface area contributed by atoms with Gasteiger partial charge in [0.2, 0.25) is 0 Å². The molecule has 3 aromatic heterocycles. The second kappa shape index (κ2) is 6.56. The number of aromatic nitrogens is 7. The predicted molar refractivity (Wildman–Crippen MR) is 96.6 cm³/mol. The van der Waals surface area contributed by atoms with Crippen LogP contribution < -0.4 is 11.5 Å². The van der Waals surface area contributed by atoms with Crippen LogP contribution in [0.1, 0.15) is 30.0 Å². The number of aryl methyl sites for hydroxylation is 2. The lowest BCUT2D eigenvalue weighted by Crippen LogP contribution is -2.36. The average Bonchev–Trinajstić information content (AvgIpc) is 3.38. The van der Waals surface area contributed by atoms with E-state index in [2.05, 4.69) is 25.3 Å². The second-order valence-corrected chi connectivity index (χ2v) is 6.27. The molecule has 146 valence electrons. The Balaban J connectivity index is 1.82. The molecule has 5 N–H and O–H groups in total. The number of carbonyl (C=O) groups excluding carboxylic acids is 1. The van der Waals surface area contributed by atoms with Crippen molar-refractivity contribution >= 4 is 11.6 Å². The molecular weight excluding hydrogens is 367 g/mol. The molecule has 0 saturated heterocycles. The lowest BCUT2D eigenvalue weighted by Gasteiger charge is -2.25. The van der Waals surface area contributed by atoms with Gasteiger partial charge in [0.15, 0.2) is 17.5 Å². The minimum Gasteiger partial charge on any atom is -0.351 e. The van der Waals surface area contributed by atoms with E-state index in [1.807, 2.05) is 6.92 Å². The molecule has 0 saturated carbocycles. The second-order valence-electron chi connectivity index (χ2n) is 6.27. The van der Waals surface area contributed by atoms with Crippen molar-refractivity contribution in [3.05, 3.63) is 41.3 Å². The Kier molecular flexibility index (Phi) is 4.19. The van der Waals surface area contributed by atoms with E-state index in [1.54, 1.807) is 23.9 Å². The van der Waals surface area contributed by atoms with Gasteiger partial charge in [-0.2, -0.15) is 5.10 Å². The molecule has 4 heterocycles. The number of carbonyl (C=O) groups is 1. The number of primary amides is 1. The number of amides is 2. The van der Waals surface area contributed by atoms with Crippen molar-refractivity contribution in [3.63, 3.8) is 0 Å². The maximum atomic E-state index is 14.5. The van der Waals surface area contributed by atoms with Gasteiger partial charge in [-0.15, -0.1) is 10.2 Å². The van der Waals surface area contributed by atoms with Gasteiger partial charge in [0.1, 0.15) is 18.2 Å². The molecule has 0 atom stereocenters. The summed E-state index contributed by atoms with van der Waals surface area (Å²) in [5.74, 6) is 0.706. The van der Waals surface area contributed by atoms with Gasteiger partial charge in [0, 0.05) is 12.7 Å². The first kappa shape index (κ1) is 17.9. The molecule has 28 heavy (non-hydrogen) atoms. The number of hydrogen-bond donors (Lipinski definition) is 3. The maximum Gasteiger partial charge on any atom is 0.320 e. The number of halogens is 1. The van der Waals surface area contributed by atoms with Crippen LogP contribution in [0.3, 0.4) is 0 Å². The van der Waals surface area contributed by atoms with Crippen molar-refractivity contribution in [3.8, 4) is 11.5 Å². The molecule has 0 spiro atoms. The first-order chi connectivity index (χ1) is 13.4. The number of urea groups is 1. The largest absolute Gasteiger partial charge is 0.351 e. The van der Waals surface area contributed by atoms with E-state index < -0.39 is 11.8 Å². The highest BCUT2D eigenvalue weighted by Gasteiger charge is 2.27. The van der Waals surface area contributed by atoms with Crippen LogP contribution in [-0.2, 0) is 19.8 Å². The van der Waals surface area contributed by atoms with Crippen LogP contribution in [-0.4, -0.2) is 45.4 Å². The highest BCUT2D eigenvalue weighted by atomic mass is 19.1. The number of hydrogen-bond acceptors (Lipinski definition) is 6. The van der Waals surface area contributed by atoms with Crippen molar-refractivity contribution in [2.24, 2.45) is 11.5 Å². The molecule has 0 aromatic carbocycles. The summed E-state index contributed by atoms with van der Waals surface area (Å²) in [5, 5.41) is 12.4. The van der Waals surface area contributed by atoms with Gasteiger partial charge in [-0.3, -0.25) is 9.58 Å². The summed E-state index contributed by atoms with van der Waals surface area (Å²) < 4.78 is 17.8. The van der Waals surface area contributed by atoms with Crippen LogP contribution in [0.2, 0.25) is 0 Å². The molecule has 0 aliphatic carbocycles. The van der Waals surface area contributed by atoms with Gasteiger partial charge in [0.05, 0.1) is 29.7 Å². The molecule has 1 aliphatic rings. The Morgan fingerprint density at radius 2 is 2.11 bits per heavy atom. The number of nitrogens with two attached hydrogens (primary N) is 2. The van der Waals surface area contributed by atoms with Gasteiger partial charge in [-0.25, -0.2) is 14.2 Å². The summed E-state index contributed by atoms with van der Waals surface area (Å²) >= 11 is 0. The minimum atomic E-state index is -0.634. The zero-order chi connectivity index (χ0) is 20.0. The summed E-state index contributed by atoms with van der Waals surface area (Å²) in [6.45, 7) is 4.30. The fourth-order valence-corrected chi connectivity index (χ4v) is 3.19. The molecule has 0 unspecified atom stereocenters. The number of H-pyrrole nitrogens is 1. The molecule has 12 heteroatoms. The van der Waals surface area contributed by atoms with Gasteiger partial charge in [0.25, 0.3) is 0 Å². The molecule has 0 bridgehead atoms. The zero-order valence-corrected chi connectivity index (χ0v) is 15.3. The third kappa shape index (κ3) is 2.65. The van der Waals surface area contributed by atoms with Gasteiger partial charge in [-0.1, -0.05) is 0 Å². The maximum absolute atomic E-state index is 14.5. The molecule has 1 aliphatic heterocycles. The Morgan fingerprint density at radius 1 is 1.36 bits per heavy atom. The average molecular weight is 386 g/mol. The van der Waals surface area contributed by atoms with Crippen molar-refractivity contribution in [1.82, 2.24) is 39.4 Å². The predicted octanol–water partition coefficient (Wildman–Crippen LogP) is 0.532. The number of nitrogens with zero attached hydrogens (tertiary/aromatic N) is 7. The fraction of sp³-hybridized carbons (Fsp3) is 0.312. The molecule has 2 amide bonds. The van der Waals surface area contributed by atoms with Crippen molar-refractivity contribution in [2.45, 2.75) is 33.6 Å². The fourth-order valence-electron chi connectivity index (χ4n) is 3.19. The molecule has 0 radical (unpaired) electrons. The smallest absolute Gasteiger partial charge is 0.320 e. The van der Waals surface area contributed by atoms with E-state index in [4.69, 9.17) is 11.5 Å². The van der Waals surface area contributed by atoms with Crippen LogP contribution >= 0.6 is 0 Å². The Labute approximate surface area is 158 Å². The van der Waals surface area contributed by atoms with Crippen LogP contribution in [0.5, 0.6) is 0 Å². The summed E-state index contributed by atoms with van der Waals surface area (Å²) in [4.78, 5) is 20.4. The van der Waals surface area contributed by atoms with Crippen LogP contribution in [0, 0.1) is 12.7 Å². The lowest BCUT2D eigenvalue weighted by atomic mass is 10.1. The van der Waals surface area contributed by atoms with Crippen molar-refractivity contribution < 1.29 is 9.18 Å². The summed E-state index contributed by atoms with van der Waals surface area (Å²) in [6, 6.07) is -0.634. The summed E-state index contributed by atoms with van der Waals surface area (Å²) in [6.07, 6.45) is 3.19. The number of rotatable bonds is 4. The Morgan fingerprint density at radius 3 is 2.79 bits per heavy atom. The third-order valence-electron chi connectivity index (χ3n) is 4.58. The standard InChI is InChI=1S/C16H19FN10O/c1-3-27-13(12(17)8(2)24-27)15-21-14(22-23-15)9-6-25(16(19)28)7-26-10(9)5-20-11(26)4-18/h5-6H,3-4,7,18H2,1-2H3,(H2,19,28)(H,21,22,23). The van der Waals surface area contributed by atoms with Crippen molar-refractivity contribution in [2.75, 3.05) is 0 Å². The molecule has 4 rings (SSSR count). The summed E-state index contributed by atoms with van der Waals surface area (Å²) in [5.41, 5.74) is 12.9. The summed E-state index contributed by atoms with van der Waals surface area (Å²) in [7, 11) is 0. The Hall–Kier alpha value is -3.54. The number of aromatic amines is 1. The van der Waals surface area contributed by atoms with E-state index in [1.165, 1.54) is 9.58 Å². The molecule has 11 nitrogen and oxygen atoms in total. The van der Waals surface area contributed by atoms with Crippen LogP contribution in [0.15, 0.2) is 12.4 Å². The van der Waals surface area contributed by atoms with Gasteiger partial charge >= 0.3 is 6.03 Å². The highest BCUT2D eigenvalue weighted by molar-refractivity contribution is 5.81. The van der Waals surface area contributed by atoms with E-state index in [0.29, 0.717) is 29.5 Å². The quantitative estimate of drug-likeness (QED) is 0.595. The normalized spacial score (nSPS) is 13.6. The number of nitrogens with one attached hydrogen (secondary N) is 1. The third-order valence-corrected chi connectivity index (χ3v) is 4.58. The van der Waals surface area contributed by atoms with Gasteiger partial charge in [-0.05, 0) is 13.8 Å². The first-order valence-corrected chi connectivity index (χ1v) is 8.63. The number of fused-ring (bicyclic) bond motifs is 1. The van der Waals surface area contributed by atoms with Crippen LogP contribution in [0.4, 0.5) is 9.18 Å². The lowest BCUT2D eigenvalue weighted by molar-refractivity contribution is 0.212. The zero-order valence-electron chi connectivity index (χ0n) is 15.3. The SMILES string of the molecule is CCn1nc(C)c(F)c1-c1nnc(C2=CN(C(N)=O)Cn3c2cnc3CN)[nH]1. The van der Waals surface area contributed by atoms with E-state index in [0.717, 1.165) is 0 Å². The first-order valence-electron chi connectivity index (χ1n) is 8.63. The van der Waals surface area contributed by atoms with Crippen molar-refractivity contribution in [1.29, 1.82) is 0 Å². The van der Waals surface area contributed by atoms with E-state index >= 15 is 0 Å². The molecule has 0 fully saturated rings.